The van der Waals surface area contributed by atoms with Gasteiger partial charge in [0.2, 0.25) is 0 Å². The molecule has 3 atom stereocenters. The van der Waals surface area contributed by atoms with E-state index in [1.165, 1.54) is 12.1 Å². The van der Waals surface area contributed by atoms with Crippen molar-refractivity contribution in [2.75, 3.05) is 5.32 Å². The Hall–Kier alpha value is -3.01. The Morgan fingerprint density at radius 1 is 0.793 bits per heavy atom. The molecule has 1 nitrogen and oxygen atoms in total. The van der Waals surface area contributed by atoms with Crippen LogP contribution in [0.25, 0.3) is 11.1 Å². The number of rotatable bonds is 2. The third kappa shape index (κ3) is 3.13. The van der Waals surface area contributed by atoms with Crippen LogP contribution in [0, 0.1) is 5.92 Å². The van der Waals surface area contributed by atoms with E-state index in [2.05, 4.69) is 35.7 Å². The number of hydrogen-bond donors (Lipinski definition) is 1. The summed E-state index contributed by atoms with van der Waals surface area (Å²) < 4.78 is 40.9. The molecule has 0 bridgehead atoms. The predicted octanol–water partition coefficient (Wildman–Crippen LogP) is 7.20. The Labute approximate surface area is 167 Å². The average molecular weight is 391 g/mol. The molecule has 4 heteroatoms. The molecule has 3 aromatic rings. The Morgan fingerprint density at radius 3 is 2.34 bits per heavy atom. The van der Waals surface area contributed by atoms with Crippen LogP contribution >= 0.6 is 0 Å². The van der Waals surface area contributed by atoms with E-state index >= 15 is 0 Å². The Balaban J connectivity index is 1.59. The number of benzene rings is 3. The van der Waals surface area contributed by atoms with Gasteiger partial charge in [0.05, 0.1) is 11.6 Å². The number of halogens is 3. The number of fused-ring (bicyclic) bond motifs is 3. The van der Waals surface area contributed by atoms with Gasteiger partial charge in [0.1, 0.15) is 0 Å². The van der Waals surface area contributed by atoms with Crippen LogP contribution in [0.2, 0.25) is 0 Å². The Kier molecular flexibility index (Phi) is 4.23. The average Bonchev–Trinajstić information content (AvgIpc) is 3.23. The molecule has 0 radical (unpaired) electrons. The molecular weight excluding hydrogens is 371 g/mol. The minimum Gasteiger partial charge on any atom is -0.378 e. The first-order valence-corrected chi connectivity index (χ1v) is 9.81. The number of hydrogen-bond acceptors (Lipinski definition) is 1. The molecule has 1 N–H and O–H groups in total. The van der Waals surface area contributed by atoms with Gasteiger partial charge in [-0.1, -0.05) is 66.7 Å². The lowest BCUT2D eigenvalue weighted by Crippen LogP contribution is -2.30. The van der Waals surface area contributed by atoms with Gasteiger partial charge in [0, 0.05) is 11.6 Å². The molecule has 0 saturated heterocycles. The van der Waals surface area contributed by atoms with Crippen molar-refractivity contribution in [3.63, 3.8) is 0 Å². The molecule has 3 aromatic carbocycles. The third-order valence-electron chi connectivity index (χ3n) is 6.07. The fraction of sp³-hybridized carbons (Fsp3) is 0.200. The summed E-state index contributed by atoms with van der Waals surface area (Å²) in [7, 11) is 0. The quantitative estimate of drug-likeness (QED) is 0.456. The van der Waals surface area contributed by atoms with E-state index in [-0.39, 0.29) is 17.9 Å². The van der Waals surface area contributed by atoms with Gasteiger partial charge in [-0.25, -0.2) is 0 Å². The summed E-state index contributed by atoms with van der Waals surface area (Å²) >= 11 is 0. The summed E-state index contributed by atoms with van der Waals surface area (Å²) in [4.78, 5) is 0. The maximum absolute atomic E-state index is 13.6. The highest BCUT2D eigenvalue weighted by atomic mass is 19.4. The summed E-state index contributed by atoms with van der Waals surface area (Å²) in [6, 6.07) is 21.9. The van der Waals surface area contributed by atoms with Gasteiger partial charge in [-0.3, -0.25) is 0 Å². The van der Waals surface area contributed by atoms with E-state index in [9.17, 15) is 13.2 Å². The highest BCUT2D eigenvalue weighted by Gasteiger charge is 2.42. The summed E-state index contributed by atoms with van der Waals surface area (Å²) in [6.45, 7) is 0. The molecule has 146 valence electrons. The van der Waals surface area contributed by atoms with Crippen LogP contribution in [0.15, 0.2) is 84.9 Å². The molecule has 1 aliphatic carbocycles. The van der Waals surface area contributed by atoms with E-state index in [0.29, 0.717) is 5.56 Å². The molecule has 5 rings (SSSR count). The minimum atomic E-state index is -4.36. The van der Waals surface area contributed by atoms with Gasteiger partial charge in [-0.2, -0.15) is 13.2 Å². The van der Waals surface area contributed by atoms with Crippen molar-refractivity contribution in [2.45, 2.75) is 24.6 Å². The van der Waals surface area contributed by atoms with E-state index in [4.69, 9.17) is 0 Å². The number of anilines is 1. The van der Waals surface area contributed by atoms with Crippen LogP contribution in [-0.4, -0.2) is 0 Å². The van der Waals surface area contributed by atoms with Crippen LogP contribution < -0.4 is 5.32 Å². The van der Waals surface area contributed by atoms with Crippen molar-refractivity contribution >= 4 is 5.69 Å². The molecule has 0 amide bonds. The van der Waals surface area contributed by atoms with Crippen molar-refractivity contribution in [3.8, 4) is 11.1 Å². The van der Waals surface area contributed by atoms with Crippen LogP contribution in [0.3, 0.4) is 0 Å². The molecule has 0 unspecified atom stereocenters. The van der Waals surface area contributed by atoms with Crippen LogP contribution in [0.1, 0.15) is 35.1 Å². The molecule has 0 spiro atoms. The maximum Gasteiger partial charge on any atom is 0.416 e. The molecule has 1 heterocycles. The molecule has 0 aromatic heterocycles. The summed E-state index contributed by atoms with van der Waals surface area (Å²) in [5.74, 6) is 0.179. The maximum atomic E-state index is 13.6. The van der Waals surface area contributed by atoms with E-state index < -0.39 is 11.7 Å². The lowest BCUT2D eigenvalue weighted by molar-refractivity contribution is -0.138. The zero-order valence-corrected chi connectivity index (χ0v) is 15.7. The predicted molar refractivity (Wildman–Crippen MR) is 110 cm³/mol. The van der Waals surface area contributed by atoms with Gasteiger partial charge in [-0.15, -0.1) is 0 Å². The van der Waals surface area contributed by atoms with Crippen molar-refractivity contribution < 1.29 is 13.2 Å². The van der Waals surface area contributed by atoms with Gasteiger partial charge < -0.3 is 5.32 Å². The van der Waals surface area contributed by atoms with E-state index in [0.717, 1.165) is 28.8 Å². The molecule has 0 fully saturated rings. The first-order valence-electron chi connectivity index (χ1n) is 9.81. The smallest absolute Gasteiger partial charge is 0.378 e. The zero-order chi connectivity index (χ0) is 20.0. The Bertz CT molecular complexity index is 1070. The largest absolute Gasteiger partial charge is 0.416 e. The molecule has 2 aliphatic rings. The summed E-state index contributed by atoms with van der Waals surface area (Å²) in [5, 5.41) is 3.44. The fourth-order valence-corrected chi connectivity index (χ4v) is 4.74. The van der Waals surface area contributed by atoms with Gasteiger partial charge >= 0.3 is 6.18 Å². The fourth-order valence-electron chi connectivity index (χ4n) is 4.74. The van der Waals surface area contributed by atoms with Crippen molar-refractivity contribution in [1.29, 1.82) is 0 Å². The lowest BCUT2D eigenvalue weighted by atomic mass is 9.75. The molecule has 1 aliphatic heterocycles. The van der Waals surface area contributed by atoms with Crippen molar-refractivity contribution in [2.24, 2.45) is 5.92 Å². The standard InChI is InChI=1S/C25H20F3N/c26-25(27,28)22-12-5-4-9-20(22)24-19-11-6-10-18(19)21-15-17(13-14-23(21)29-24)16-7-2-1-3-8-16/h1-10,12-15,18-19,24,29H,11H2/t18-,19-,24+/m0/s1. The second kappa shape index (κ2) is 6.80. The SMILES string of the molecule is FC(F)(F)c1ccccc1[C@@H]1Nc2ccc(-c3ccccc3)cc2[C@H]2C=CC[C@@H]21. The highest BCUT2D eigenvalue weighted by Crippen LogP contribution is 2.52. The minimum absolute atomic E-state index is 0.0667. The first kappa shape index (κ1) is 18.0. The molecule has 29 heavy (non-hydrogen) atoms. The van der Waals surface area contributed by atoms with Crippen LogP contribution in [0.4, 0.5) is 18.9 Å². The lowest BCUT2D eigenvalue weighted by Gasteiger charge is -2.38. The van der Waals surface area contributed by atoms with Gasteiger partial charge in [-0.05, 0) is 52.8 Å². The summed E-state index contributed by atoms with van der Waals surface area (Å²) in [6.07, 6.45) is 0.660. The van der Waals surface area contributed by atoms with E-state index in [1.807, 2.05) is 30.3 Å². The monoisotopic (exact) mass is 391 g/mol. The second-order valence-corrected chi connectivity index (χ2v) is 7.73. The number of alkyl halides is 3. The Morgan fingerprint density at radius 2 is 1.55 bits per heavy atom. The van der Waals surface area contributed by atoms with E-state index in [1.54, 1.807) is 12.1 Å². The van der Waals surface area contributed by atoms with Gasteiger partial charge in [0.25, 0.3) is 0 Å². The molecule has 0 saturated carbocycles. The van der Waals surface area contributed by atoms with Crippen LogP contribution in [-0.2, 0) is 6.18 Å². The molecular formula is C25H20F3N. The first-order chi connectivity index (χ1) is 14.0. The topological polar surface area (TPSA) is 12.0 Å². The highest BCUT2D eigenvalue weighted by molar-refractivity contribution is 5.71. The number of allylic oxidation sites excluding steroid dienone is 2. The normalized spacial score (nSPS) is 22.7. The van der Waals surface area contributed by atoms with Gasteiger partial charge in [0.15, 0.2) is 0 Å². The second-order valence-electron chi connectivity index (χ2n) is 7.73. The van der Waals surface area contributed by atoms with Crippen molar-refractivity contribution in [3.05, 3.63) is 102 Å². The zero-order valence-electron chi connectivity index (χ0n) is 15.7. The third-order valence-corrected chi connectivity index (χ3v) is 6.07. The summed E-state index contributed by atoms with van der Waals surface area (Å²) in [5.41, 5.74) is 4.12. The number of nitrogens with one attached hydrogen (secondary N) is 1. The van der Waals surface area contributed by atoms with Crippen molar-refractivity contribution in [1.82, 2.24) is 0 Å². The van der Waals surface area contributed by atoms with Crippen LogP contribution in [0.5, 0.6) is 0 Å².